The molecule has 0 radical (unpaired) electrons. The second-order valence-electron chi connectivity index (χ2n) is 3.44. The predicted octanol–water partition coefficient (Wildman–Crippen LogP) is 2.94. The van der Waals surface area contributed by atoms with E-state index in [1.807, 2.05) is 5.51 Å². The lowest BCUT2D eigenvalue weighted by Gasteiger charge is -2.01. The van der Waals surface area contributed by atoms with E-state index in [0.29, 0.717) is 13.1 Å². The highest BCUT2D eigenvalue weighted by molar-refractivity contribution is 7.09. The fraction of sp³-hybridized carbons (Fsp3) is 0.636. The van der Waals surface area contributed by atoms with Crippen LogP contribution in [0.5, 0.6) is 0 Å². The lowest BCUT2D eigenvalue weighted by Crippen LogP contribution is -1.94. The first-order valence-corrected chi connectivity index (χ1v) is 6.23. The summed E-state index contributed by atoms with van der Waals surface area (Å²) in [6.45, 7) is 3.06. The third kappa shape index (κ3) is 4.42. The van der Waals surface area contributed by atoms with Gasteiger partial charge < -0.3 is 4.74 Å². The molecule has 0 saturated heterocycles. The molecule has 0 N–H and O–H groups in total. The van der Waals surface area contributed by atoms with Crippen LogP contribution in [0.25, 0.3) is 0 Å². The van der Waals surface area contributed by atoms with Gasteiger partial charge in [0.1, 0.15) is 6.61 Å². The van der Waals surface area contributed by atoms with E-state index in [4.69, 9.17) is 4.74 Å². The van der Waals surface area contributed by atoms with Crippen molar-refractivity contribution in [2.24, 2.45) is 0 Å². The van der Waals surface area contributed by atoms with Gasteiger partial charge in [-0.05, 0) is 12.8 Å². The lowest BCUT2D eigenvalue weighted by molar-refractivity contribution is -0.129. The molecule has 1 heterocycles. The Morgan fingerprint density at radius 2 is 2.33 bits per heavy atom. The first-order valence-electron chi connectivity index (χ1n) is 5.35. The minimum atomic E-state index is 0.372. The van der Waals surface area contributed by atoms with Crippen molar-refractivity contribution in [2.45, 2.75) is 45.6 Å². The van der Waals surface area contributed by atoms with Gasteiger partial charge in [-0.25, -0.2) is 4.98 Å². The highest BCUT2D eigenvalue weighted by atomic mass is 32.1. The van der Waals surface area contributed by atoms with Crippen molar-refractivity contribution < 1.29 is 9.53 Å². The Morgan fingerprint density at radius 3 is 3.07 bits per heavy atom. The molecule has 0 fully saturated rings. The van der Waals surface area contributed by atoms with E-state index in [1.165, 1.54) is 25.7 Å². The quantitative estimate of drug-likeness (QED) is 0.506. The lowest BCUT2D eigenvalue weighted by atomic mass is 10.1. The fourth-order valence-electron chi connectivity index (χ4n) is 1.44. The molecule has 0 aliphatic heterocycles. The molecule has 84 valence electrons. The molecule has 0 aliphatic rings. The van der Waals surface area contributed by atoms with Crippen LogP contribution in [0.3, 0.4) is 0 Å². The molecule has 4 heteroatoms. The maximum atomic E-state index is 10.1. The normalized spacial score (nSPS) is 10.2. The Bertz CT molecular complexity index is 286. The van der Waals surface area contributed by atoms with Crippen molar-refractivity contribution in [1.82, 2.24) is 4.98 Å². The molecule has 0 amide bonds. The number of nitrogens with zero attached hydrogens (tertiary/aromatic N) is 1. The molecule has 3 nitrogen and oxygen atoms in total. The van der Waals surface area contributed by atoms with Crippen LogP contribution in [-0.4, -0.2) is 11.5 Å². The second-order valence-corrected chi connectivity index (χ2v) is 4.38. The van der Waals surface area contributed by atoms with Crippen LogP contribution in [0.2, 0.25) is 0 Å². The molecule has 1 aromatic heterocycles. The van der Waals surface area contributed by atoms with Crippen molar-refractivity contribution in [2.75, 3.05) is 0 Å². The van der Waals surface area contributed by atoms with Crippen molar-refractivity contribution in [1.29, 1.82) is 0 Å². The van der Waals surface area contributed by atoms with E-state index in [-0.39, 0.29) is 0 Å². The van der Waals surface area contributed by atoms with E-state index >= 15 is 0 Å². The molecule has 15 heavy (non-hydrogen) atoms. The summed E-state index contributed by atoms with van der Waals surface area (Å²) in [6.07, 6.45) is 5.96. The first kappa shape index (κ1) is 12.2. The summed E-state index contributed by atoms with van der Waals surface area (Å²) in [6, 6.07) is 0. The molecule has 0 aliphatic carbocycles. The molecule has 0 bridgehead atoms. The van der Waals surface area contributed by atoms with Gasteiger partial charge in [-0.15, -0.1) is 11.3 Å². The smallest absolute Gasteiger partial charge is 0.293 e. The Kier molecular flexibility index (Phi) is 6.00. The molecule has 0 spiro atoms. The van der Waals surface area contributed by atoms with Gasteiger partial charge in [0.05, 0.1) is 16.1 Å². The number of hydrogen-bond acceptors (Lipinski definition) is 4. The van der Waals surface area contributed by atoms with E-state index in [1.54, 1.807) is 11.3 Å². The Hall–Kier alpha value is -0.900. The number of carbonyl (C=O) groups is 1. The average Bonchev–Trinajstić information content (AvgIpc) is 2.69. The van der Waals surface area contributed by atoms with Crippen molar-refractivity contribution in [3.8, 4) is 0 Å². The molecule has 0 atom stereocenters. The van der Waals surface area contributed by atoms with Gasteiger partial charge in [-0.1, -0.05) is 26.2 Å². The maximum absolute atomic E-state index is 10.1. The van der Waals surface area contributed by atoms with E-state index < -0.39 is 0 Å². The largest absolute Gasteiger partial charge is 0.462 e. The van der Waals surface area contributed by atoms with Crippen LogP contribution in [0.15, 0.2) is 5.51 Å². The number of thiazole rings is 1. The van der Waals surface area contributed by atoms with Crippen molar-refractivity contribution in [3.05, 3.63) is 16.1 Å². The predicted molar refractivity (Wildman–Crippen MR) is 60.8 cm³/mol. The van der Waals surface area contributed by atoms with Crippen LogP contribution < -0.4 is 0 Å². The van der Waals surface area contributed by atoms with Gasteiger partial charge in [-0.3, -0.25) is 4.79 Å². The summed E-state index contributed by atoms with van der Waals surface area (Å²) < 4.78 is 4.74. The molecule has 0 saturated carbocycles. The van der Waals surface area contributed by atoms with E-state index in [0.717, 1.165) is 17.0 Å². The number of carbonyl (C=O) groups excluding carboxylic acids is 1. The van der Waals surface area contributed by atoms with Gasteiger partial charge in [0.25, 0.3) is 6.47 Å². The minimum Gasteiger partial charge on any atom is -0.462 e. The highest BCUT2D eigenvalue weighted by Gasteiger charge is 2.05. The van der Waals surface area contributed by atoms with E-state index in [9.17, 15) is 4.79 Å². The zero-order chi connectivity index (χ0) is 10.9. The number of rotatable bonds is 8. The number of hydrogen-bond donors (Lipinski definition) is 0. The van der Waals surface area contributed by atoms with Gasteiger partial charge >= 0.3 is 0 Å². The first-order chi connectivity index (χ1) is 7.38. The zero-order valence-corrected chi connectivity index (χ0v) is 9.89. The topological polar surface area (TPSA) is 39.2 Å². The summed E-state index contributed by atoms with van der Waals surface area (Å²) in [7, 11) is 0. The highest BCUT2D eigenvalue weighted by Crippen LogP contribution is 2.17. The summed E-state index contributed by atoms with van der Waals surface area (Å²) in [4.78, 5) is 15.4. The average molecular weight is 227 g/mol. The third-order valence-electron chi connectivity index (χ3n) is 2.27. The van der Waals surface area contributed by atoms with Crippen LogP contribution in [0.4, 0.5) is 0 Å². The fourth-order valence-corrected chi connectivity index (χ4v) is 2.18. The Labute approximate surface area is 94.5 Å². The number of aromatic nitrogens is 1. The maximum Gasteiger partial charge on any atom is 0.293 e. The molecular formula is C11H17NO2S. The summed E-state index contributed by atoms with van der Waals surface area (Å²) in [5.41, 5.74) is 2.91. The van der Waals surface area contributed by atoms with E-state index in [2.05, 4.69) is 11.9 Å². The summed E-state index contributed by atoms with van der Waals surface area (Å²) in [5, 5.41) is 0. The summed E-state index contributed by atoms with van der Waals surface area (Å²) in [5.74, 6) is 0. The number of aryl methyl sites for hydroxylation is 1. The van der Waals surface area contributed by atoms with Crippen molar-refractivity contribution >= 4 is 17.8 Å². The zero-order valence-electron chi connectivity index (χ0n) is 9.07. The van der Waals surface area contributed by atoms with Gasteiger partial charge in [0.2, 0.25) is 0 Å². The molecular weight excluding hydrogens is 210 g/mol. The Morgan fingerprint density at radius 1 is 1.47 bits per heavy atom. The van der Waals surface area contributed by atoms with Crippen LogP contribution >= 0.6 is 11.3 Å². The van der Waals surface area contributed by atoms with Crippen LogP contribution in [-0.2, 0) is 22.6 Å². The molecule has 1 aromatic rings. The number of ether oxygens (including phenoxy) is 1. The second kappa shape index (κ2) is 7.40. The molecule has 1 rings (SSSR count). The van der Waals surface area contributed by atoms with Gasteiger partial charge in [0.15, 0.2) is 0 Å². The van der Waals surface area contributed by atoms with Crippen LogP contribution in [0.1, 0.15) is 43.2 Å². The molecule has 0 aromatic carbocycles. The summed E-state index contributed by atoms with van der Waals surface area (Å²) >= 11 is 1.56. The number of unbranched alkanes of at least 4 members (excludes halogenated alkanes) is 3. The van der Waals surface area contributed by atoms with Crippen molar-refractivity contribution in [3.63, 3.8) is 0 Å². The molecule has 0 unspecified atom stereocenters. The Balaban J connectivity index is 2.32. The van der Waals surface area contributed by atoms with Gasteiger partial charge in [0, 0.05) is 0 Å². The van der Waals surface area contributed by atoms with Gasteiger partial charge in [-0.2, -0.15) is 0 Å². The van der Waals surface area contributed by atoms with Crippen LogP contribution in [0, 0.1) is 0 Å². The minimum absolute atomic E-state index is 0.372. The SMILES string of the molecule is CCCCCCc1ncsc1COC=O. The standard InChI is InChI=1S/C11H17NO2S/c1-2-3-4-5-6-10-11(7-14-9-13)15-8-12-10/h8-9H,2-7H2,1H3. The third-order valence-corrected chi connectivity index (χ3v) is 3.12. The monoisotopic (exact) mass is 227 g/mol.